The largest absolute Gasteiger partial charge is 0.497 e. The fourth-order valence-electron chi connectivity index (χ4n) is 1.80. The number of rotatable bonds is 4. The van der Waals surface area contributed by atoms with Crippen LogP contribution in [0.2, 0.25) is 0 Å². The number of hydrogen-bond acceptors (Lipinski definition) is 4. The van der Waals surface area contributed by atoms with Crippen molar-refractivity contribution in [3.8, 4) is 11.5 Å². The van der Waals surface area contributed by atoms with Gasteiger partial charge < -0.3 is 20.3 Å². The molecule has 0 aliphatic heterocycles. The topological polar surface area (TPSA) is 64.7 Å². The third-order valence-electron chi connectivity index (χ3n) is 3.03. The molecule has 110 valence electrons. The predicted octanol–water partition coefficient (Wildman–Crippen LogP) is 2.53. The van der Waals surface area contributed by atoms with Gasteiger partial charge in [0.05, 0.1) is 26.4 Å². The molecule has 0 aromatic heterocycles. The van der Waals surface area contributed by atoms with Crippen LogP contribution in [-0.2, 0) is 0 Å². The highest BCUT2D eigenvalue weighted by molar-refractivity contribution is 5.85. The standard InChI is InChI=1S/C14H23NO3.ClH/c1-14(2,3)13(16)12(15)10-7-6-9(17-4)8-11(10)18-5;/h6-8,12-13,16H,15H2,1-5H3;1H/t12-,13-;/m1./s1. The van der Waals surface area contributed by atoms with E-state index >= 15 is 0 Å². The summed E-state index contributed by atoms with van der Waals surface area (Å²) in [5.74, 6) is 1.33. The fourth-order valence-corrected chi connectivity index (χ4v) is 1.80. The molecule has 1 rings (SSSR count). The van der Waals surface area contributed by atoms with Crippen molar-refractivity contribution in [3.05, 3.63) is 23.8 Å². The average molecular weight is 290 g/mol. The van der Waals surface area contributed by atoms with Crippen LogP contribution in [0.4, 0.5) is 0 Å². The molecule has 1 aromatic rings. The van der Waals surface area contributed by atoms with Crippen molar-refractivity contribution >= 4 is 12.4 Å². The minimum absolute atomic E-state index is 0. The Bertz CT molecular complexity index is 404. The predicted molar refractivity (Wildman–Crippen MR) is 79.2 cm³/mol. The van der Waals surface area contributed by atoms with Crippen molar-refractivity contribution < 1.29 is 14.6 Å². The van der Waals surface area contributed by atoms with Gasteiger partial charge in [-0.25, -0.2) is 0 Å². The maximum Gasteiger partial charge on any atom is 0.127 e. The molecule has 3 N–H and O–H groups in total. The van der Waals surface area contributed by atoms with Gasteiger partial charge in [0.25, 0.3) is 0 Å². The van der Waals surface area contributed by atoms with E-state index in [1.165, 1.54) is 0 Å². The zero-order valence-electron chi connectivity index (χ0n) is 12.1. The van der Waals surface area contributed by atoms with Crippen LogP contribution in [0.25, 0.3) is 0 Å². The van der Waals surface area contributed by atoms with Crippen LogP contribution in [-0.4, -0.2) is 25.4 Å². The highest BCUT2D eigenvalue weighted by atomic mass is 35.5. The lowest BCUT2D eigenvalue weighted by Gasteiger charge is -2.31. The van der Waals surface area contributed by atoms with E-state index in [-0.39, 0.29) is 17.8 Å². The van der Waals surface area contributed by atoms with E-state index in [0.29, 0.717) is 11.5 Å². The summed E-state index contributed by atoms with van der Waals surface area (Å²) in [6.45, 7) is 5.86. The highest BCUT2D eigenvalue weighted by Gasteiger charge is 2.30. The third kappa shape index (κ3) is 4.27. The van der Waals surface area contributed by atoms with E-state index < -0.39 is 12.1 Å². The maximum atomic E-state index is 10.2. The normalized spacial score (nSPS) is 14.3. The number of aliphatic hydroxyl groups excluding tert-OH is 1. The molecule has 0 aliphatic carbocycles. The summed E-state index contributed by atoms with van der Waals surface area (Å²) >= 11 is 0. The molecule has 0 heterocycles. The van der Waals surface area contributed by atoms with Crippen molar-refractivity contribution in [3.63, 3.8) is 0 Å². The molecular formula is C14H24ClNO3. The minimum Gasteiger partial charge on any atom is -0.497 e. The van der Waals surface area contributed by atoms with Crippen LogP contribution < -0.4 is 15.2 Å². The Kier molecular flexibility index (Phi) is 6.63. The van der Waals surface area contributed by atoms with Gasteiger partial charge >= 0.3 is 0 Å². The number of nitrogens with two attached hydrogens (primary N) is 1. The van der Waals surface area contributed by atoms with Crippen LogP contribution in [0.1, 0.15) is 32.4 Å². The van der Waals surface area contributed by atoms with Gasteiger partial charge in [-0.1, -0.05) is 20.8 Å². The summed E-state index contributed by atoms with van der Waals surface area (Å²) in [4.78, 5) is 0. The molecule has 0 unspecified atom stereocenters. The molecule has 5 heteroatoms. The van der Waals surface area contributed by atoms with Crippen molar-refractivity contribution in [1.29, 1.82) is 0 Å². The number of ether oxygens (including phenoxy) is 2. The lowest BCUT2D eigenvalue weighted by molar-refractivity contribution is 0.0394. The maximum absolute atomic E-state index is 10.2. The monoisotopic (exact) mass is 289 g/mol. The Labute approximate surface area is 121 Å². The summed E-state index contributed by atoms with van der Waals surface area (Å²) in [5, 5.41) is 10.2. The molecule has 0 spiro atoms. The Morgan fingerprint density at radius 3 is 2.16 bits per heavy atom. The van der Waals surface area contributed by atoms with Crippen LogP contribution >= 0.6 is 12.4 Å². The molecule has 2 atom stereocenters. The first-order valence-electron chi connectivity index (χ1n) is 5.96. The lowest BCUT2D eigenvalue weighted by Crippen LogP contribution is -2.37. The second-order valence-electron chi connectivity index (χ2n) is 5.44. The number of halogens is 1. The van der Waals surface area contributed by atoms with E-state index in [1.807, 2.05) is 32.9 Å². The first-order chi connectivity index (χ1) is 8.31. The van der Waals surface area contributed by atoms with E-state index in [9.17, 15) is 5.11 Å². The van der Waals surface area contributed by atoms with Crippen LogP contribution in [0.3, 0.4) is 0 Å². The first-order valence-corrected chi connectivity index (χ1v) is 5.96. The van der Waals surface area contributed by atoms with Crippen LogP contribution in [0.5, 0.6) is 11.5 Å². The zero-order valence-corrected chi connectivity index (χ0v) is 13.0. The summed E-state index contributed by atoms with van der Waals surface area (Å²) in [6, 6.07) is 4.92. The van der Waals surface area contributed by atoms with E-state index in [1.54, 1.807) is 20.3 Å². The molecule has 1 aromatic carbocycles. The van der Waals surface area contributed by atoms with Gasteiger partial charge in [-0.2, -0.15) is 0 Å². The number of methoxy groups -OCH3 is 2. The van der Waals surface area contributed by atoms with Gasteiger partial charge in [0.2, 0.25) is 0 Å². The molecular weight excluding hydrogens is 266 g/mol. The quantitative estimate of drug-likeness (QED) is 0.894. The summed E-state index contributed by atoms with van der Waals surface area (Å²) in [5.41, 5.74) is 6.61. The van der Waals surface area contributed by atoms with Crippen molar-refractivity contribution in [2.24, 2.45) is 11.1 Å². The molecule has 4 nitrogen and oxygen atoms in total. The molecule has 0 saturated carbocycles. The molecule has 19 heavy (non-hydrogen) atoms. The van der Waals surface area contributed by atoms with E-state index in [2.05, 4.69) is 0 Å². The van der Waals surface area contributed by atoms with Gasteiger partial charge in [0.15, 0.2) is 0 Å². The molecule has 0 amide bonds. The van der Waals surface area contributed by atoms with Gasteiger partial charge in [0.1, 0.15) is 11.5 Å². The lowest BCUT2D eigenvalue weighted by atomic mass is 9.82. The smallest absolute Gasteiger partial charge is 0.127 e. The SMILES string of the molecule is COc1ccc([C@@H](N)[C@@H](O)C(C)(C)C)c(OC)c1.Cl. The molecule has 0 radical (unpaired) electrons. The fraction of sp³-hybridized carbons (Fsp3) is 0.571. The van der Waals surface area contributed by atoms with Gasteiger partial charge in [0, 0.05) is 11.6 Å². The average Bonchev–Trinajstić information content (AvgIpc) is 2.35. The van der Waals surface area contributed by atoms with Crippen LogP contribution in [0, 0.1) is 5.41 Å². The van der Waals surface area contributed by atoms with E-state index in [4.69, 9.17) is 15.2 Å². The molecule has 0 fully saturated rings. The highest BCUT2D eigenvalue weighted by Crippen LogP contribution is 2.34. The Hall–Kier alpha value is -0.970. The number of benzene rings is 1. The van der Waals surface area contributed by atoms with Gasteiger partial charge in [-0.3, -0.25) is 0 Å². The van der Waals surface area contributed by atoms with Gasteiger partial charge in [-0.05, 0) is 17.5 Å². The van der Waals surface area contributed by atoms with Crippen molar-refractivity contribution in [2.75, 3.05) is 14.2 Å². The second kappa shape index (κ2) is 6.98. The Morgan fingerprint density at radius 1 is 1.16 bits per heavy atom. The Balaban J connectivity index is 0.00000324. The van der Waals surface area contributed by atoms with Crippen LogP contribution in [0.15, 0.2) is 18.2 Å². The van der Waals surface area contributed by atoms with Gasteiger partial charge in [-0.15, -0.1) is 12.4 Å². The third-order valence-corrected chi connectivity index (χ3v) is 3.03. The number of aliphatic hydroxyl groups is 1. The zero-order chi connectivity index (χ0) is 13.9. The summed E-state index contributed by atoms with van der Waals surface area (Å²) in [6.07, 6.45) is -0.653. The molecule has 0 aliphatic rings. The first kappa shape index (κ1) is 18.0. The van der Waals surface area contributed by atoms with Crippen molar-refractivity contribution in [2.45, 2.75) is 32.9 Å². The summed E-state index contributed by atoms with van der Waals surface area (Å²) < 4.78 is 10.4. The minimum atomic E-state index is -0.653. The molecule has 0 bridgehead atoms. The Morgan fingerprint density at radius 2 is 1.74 bits per heavy atom. The van der Waals surface area contributed by atoms with Crippen molar-refractivity contribution in [1.82, 2.24) is 0 Å². The van der Waals surface area contributed by atoms with E-state index in [0.717, 1.165) is 5.56 Å². The molecule has 0 saturated heterocycles. The summed E-state index contributed by atoms with van der Waals surface area (Å²) in [7, 11) is 3.17. The number of hydrogen-bond donors (Lipinski definition) is 2. The second-order valence-corrected chi connectivity index (χ2v) is 5.44.